The van der Waals surface area contributed by atoms with Gasteiger partial charge in [0.1, 0.15) is 11.2 Å². The maximum Gasteiger partial charge on any atom is 0.252 e. The first-order chi connectivity index (χ1) is 31.0. The molecule has 1 aromatic heterocycles. The van der Waals surface area contributed by atoms with Gasteiger partial charge in [-0.25, -0.2) is 0 Å². The summed E-state index contributed by atoms with van der Waals surface area (Å²) in [6.07, 6.45) is 0. The predicted molar refractivity (Wildman–Crippen MR) is 279 cm³/mol. The average Bonchev–Trinajstić information content (AvgIpc) is 3.66. The molecule has 0 N–H and O–H groups in total. The second-order valence-electron chi connectivity index (χ2n) is 21.6. The Morgan fingerprint density at radius 1 is 0.415 bits per heavy atom. The van der Waals surface area contributed by atoms with Gasteiger partial charge in [-0.1, -0.05) is 159 Å². The standard InChI is InChI=1S/C61H57BN2O/c1-38-32-54-58-55(33-38)64(45-27-28-49(61(8,9)10)47(37-45)40-16-12-11-13-17-40)53-36-43(60(5,6)7)24-30-51(53)62(58)50-29-23-42(59(2,3)4)35-52(50)63(54)44-25-20-39(21-26-44)41-22-31-57-48(34-41)46-18-14-15-19-56(46)65-57/h11-37H,1-10H3. The average molecular weight is 845 g/mol. The van der Waals surface area contributed by atoms with Crippen LogP contribution in [0.25, 0.3) is 44.2 Å². The van der Waals surface area contributed by atoms with Crippen LogP contribution in [0, 0.1) is 6.92 Å². The summed E-state index contributed by atoms with van der Waals surface area (Å²) in [6.45, 7) is 23.2. The van der Waals surface area contributed by atoms with Crippen LogP contribution in [0.2, 0.25) is 0 Å². The van der Waals surface area contributed by atoms with Crippen LogP contribution in [0.15, 0.2) is 168 Å². The van der Waals surface area contributed by atoms with Crippen LogP contribution < -0.4 is 26.2 Å². The van der Waals surface area contributed by atoms with Gasteiger partial charge in [-0.15, -0.1) is 0 Å². The molecule has 0 aliphatic carbocycles. The molecule has 0 atom stereocenters. The summed E-state index contributed by atoms with van der Waals surface area (Å²) >= 11 is 0. The van der Waals surface area contributed by atoms with Crippen molar-refractivity contribution in [1.29, 1.82) is 0 Å². The Hall–Kier alpha value is -6.78. The molecule has 0 fully saturated rings. The van der Waals surface area contributed by atoms with Gasteiger partial charge in [0.2, 0.25) is 0 Å². The van der Waals surface area contributed by atoms with E-state index in [0.29, 0.717) is 0 Å². The van der Waals surface area contributed by atoms with Gasteiger partial charge in [0.25, 0.3) is 6.71 Å². The van der Waals surface area contributed by atoms with Crippen LogP contribution in [0.5, 0.6) is 0 Å². The lowest BCUT2D eigenvalue weighted by atomic mass is 9.33. The Labute approximate surface area is 385 Å². The Bertz CT molecular complexity index is 3340. The van der Waals surface area contributed by atoms with E-state index in [2.05, 4.69) is 231 Å². The third-order valence-corrected chi connectivity index (χ3v) is 13.9. The molecule has 65 heavy (non-hydrogen) atoms. The van der Waals surface area contributed by atoms with Crippen molar-refractivity contribution >= 4 is 79.2 Å². The quantitative estimate of drug-likeness (QED) is 0.165. The van der Waals surface area contributed by atoms with Crippen LogP contribution in [0.3, 0.4) is 0 Å². The van der Waals surface area contributed by atoms with Crippen molar-refractivity contribution in [3.05, 3.63) is 186 Å². The summed E-state index contributed by atoms with van der Waals surface area (Å²) in [4.78, 5) is 5.13. The fourth-order valence-corrected chi connectivity index (χ4v) is 10.5. The topological polar surface area (TPSA) is 19.6 Å². The molecule has 0 saturated heterocycles. The summed E-state index contributed by atoms with van der Waals surface area (Å²) in [5, 5.41) is 2.29. The molecule has 4 heteroatoms. The lowest BCUT2D eigenvalue weighted by Crippen LogP contribution is -2.61. The molecular formula is C61H57BN2O. The molecule has 2 aliphatic rings. The molecule has 8 aromatic carbocycles. The largest absolute Gasteiger partial charge is 0.456 e. The van der Waals surface area contributed by atoms with E-state index in [4.69, 9.17) is 4.42 Å². The van der Waals surface area contributed by atoms with E-state index < -0.39 is 0 Å². The third kappa shape index (κ3) is 6.80. The first kappa shape index (κ1) is 41.0. The molecule has 0 spiro atoms. The lowest BCUT2D eigenvalue weighted by molar-refractivity contribution is 0.590. The number of rotatable bonds is 4. The molecule has 0 saturated carbocycles. The van der Waals surface area contributed by atoms with Gasteiger partial charge in [0.05, 0.1) is 0 Å². The summed E-state index contributed by atoms with van der Waals surface area (Å²) in [7, 11) is 0. The van der Waals surface area contributed by atoms with Gasteiger partial charge < -0.3 is 14.2 Å². The van der Waals surface area contributed by atoms with Crippen molar-refractivity contribution in [1.82, 2.24) is 0 Å². The molecule has 0 unspecified atom stereocenters. The number of hydrogen-bond donors (Lipinski definition) is 0. The van der Waals surface area contributed by atoms with E-state index in [0.717, 1.165) is 27.6 Å². The first-order valence-electron chi connectivity index (χ1n) is 23.3. The van der Waals surface area contributed by atoms with E-state index in [-0.39, 0.29) is 23.0 Å². The Kier molecular flexibility index (Phi) is 9.22. The molecule has 3 nitrogen and oxygen atoms in total. The summed E-state index contributed by atoms with van der Waals surface area (Å²) in [5.74, 6) is 0. The summed E-state index contributed by atoms with van der Waals surface area (Å²) < 4.78 is 6.20. The fraction of sp³-hybridized carbons (Fsp3) is 0.213. The van der Waals surface area contributed by atoms with Crippen molar-refractivity contribution in [2.24, 2.45) is 0 Å². The van der Waals surface area contributed by atoms with Crippen LogP contribution in [0.1, 0.15) is 84.6 Å². The fourth-order valence-electron chi connectivity index (χ4n) is 10.5. The van der Waals surface area contributed by atoms with Crippen molar-refractivity contribution in [3.8, 4) is 22.3 Å². The second kappa shape index (κ2) is 14.6. The van der Waals surface area contributed by atoms with Crippen LogP contribution in [0.4, 0.5) is 34.1 Å². The Balaban J connectivity index is 1.14. The minimum absolute atomic E-state index is 0.0306. The Morgan fingerprint density at radius 3 is 1.58 bits per heavy atom. The number of para-hydroxylation sites is 1. The molecule has 0 bridgehead atoms. The Morgan fingerprint density at radius 2 is 0.969 bits per heavy atom. The van der Waals surface area contributed by atoms with Gasteiger partial charge in [-0.05, 0) is 151 Å². The third-order valence-electron chi connectivity index (χ3n) is 13.9. The number of aryl methyl sites for hydroxylation is 1. The van der Waals surface area contributed by atoms with Gasteiger partial charge in [-0.3, -0.25) is 0 Å². The highest BCUT2D eigenvalue weighted by Crippen LogP contribution is 2.48. The minimum atomic E-state index is -0.0391. The molecule has 2 aliphatic heterocycles. The van der Waals surface area contributed by atoms with E-state index >= 15 is 0 Å². The van der Waals surface area contributed by atoms with Crippen LogP contribution in [-0.4, -0.2) is 6.71 Å². The van der Waals surface area contributed by atoms with Crippen molar-refractivity contribution < 1.29 is 4.42 Å². The van der Waals surface area contributed by atoms with E-state index in [1.165, 1.54) is 89.3 Å². The molecule has 9 aromatic rings. The van der Waals surface area contributed by atoms with Gasteiger partial charge >= 0.3 is 0 Å². The van der Waals surface area contributed by atoms with Crippen molar-refractivity contribution in [2.75, 3.05) is 9.80 Å². The number of furan rings is 1. The van der Waals surface area contributed by atoms with E-state index in [1.54, 1.807) is 0 Å². The lowest BCUT2D eigenvalue weighted by Gasteiger charge is -2.45. The van der Waals surface area contributed by atoms with Gasteiger partial charge in [0.15, 0.2) is 0 Å². The smallest absolute Gasteiger partial charge is 0.252 e. The first-order valence-corrected chi connectivity index (χ1v) is 23.3. The molecule has 320 valence electrons. The van der Waals surface area contributed by atoms with Gasteiger partial charge in [-0.2, -0.15) is 0 Å². The SMILES string of the molecule is Cc1cc2c3c(c1)N(c1ccc(C(C)(C)C)c(-c4ccccc4)c1)c1cc(C(C)(C)C)ccc1B3c1ccc(C(C)(C)C)cc1N2c1ccc(-c2ccc3oc4ccccc4c3c2)cc1. The highest BCUT2D eigenvalue weighted by Gasteiger charge is 2.44. The monoisotopic (exact) mass is 844 g/mol. The van der Waals surface area contributed by atoms with Crippen molar-refractivity contribution in [2.45, 2.75) is 85.5 Å². The van der Waals surface area contributed by atoms with Crippen LogP contribution >= 0.6 is 0 Å². The number of hydrogen-bond acceptors (Lipinski definition) is 3. The number of fused-ring (bicyclic) bond motifs is 7. The maximum atomic E-state index is 6.20. The molecule has 0 amide bonds. The summed E-state index contributed by atoms with van der Waals surface area (Å²) in [5.41, 5.74) is 23.1. The zero-order valence-corrected chi connectivity index (χ0v) is 39.5. The van der Waals surface area contributed by atoms with E-state index in [9.17, 15) is 0 Å². The number of benzene rings is 8. The molecule has 11 rings (SSSR count). The highest BCUT2D eigenvalue weighted by molar-refractivity contribution is 7.00. The molecule has 3 heterocycles. The number of nitrogens with zero attached hydrogens (tertiary/aromatic N) is 2. The minimum Gasteiger partial charge on any atom is -0.456 e. The summed E-state index contributed by atoms with van der Waals surface area (Å²) in [6, 6.07) is 61.7. The zero-order valence-electron chi connectivity index (χ0n) is 39.5. The second-order valence-corrected chi connectivity index (χ2v) is 21.6. The predicted octanol–water partition coefficient (Wildman–Crippen LogP) is 15.2. The zero-order chi connectivity index (χ0) is 45.2. The van der Waals surface area contributed by atoms with Crippen LogP contribution in [-0.2, 0) is 16.2 Å². The molecule has 0 radical (unpaired) electrons. The normalized spacial score (nSPS) is 13.6. The maximum absolute atomic E-state index is 6.20. The number of anilines is 6. The highest BCUT2D eigenvalue weighted by atomic mass is 16.3. The molecular weight excluding hydrogens is 787 g/mol. The van der Waals surface area contributed by atoms with Crippen molar-refractivity contribution in [3.63, 3.8) is 0 Å². The van der Waals surface area contributed by atoms with Gasteiger partial charge in [0, 0.05) is 44.9 Å². The van der Waals surface area contributed by atoms with E-state index in [1.807, 2.05) is 12.1 Å².